The normalized spacial score (nSPS) is 11.8. The van der Waals surface area contributed by atoms with Crippen LogP contribution in [0.25, 0.3) is 83.8 Å². The number of para-hydroxylation sites is 2. The second-order valence-electron chi connectivity index (χ2n) is 20.8. The van der Waals surface area contributed by atoms with Gasteiger partial charge >= 0.3 is 126 Å². The van der Waals surface area contributed by atoms with E-state index in [2.05, 4.69) is 218 Å². The molecule has 0 spiro atoms. The van der Waals surface area contributed by atoms with Crippen LogP contribution in [0.4, 0.5) is 0 Å². The van der Waals surface area contributed by atoms with E-state index >= 15 is 0 Å². The van der Waals surface area contributed by atoms with E-state index in [0.29, 0.717) is 11.6 Å². The zero-order valence-corrected chi connectivity index (χ0v) is 47.2. The Bertz CT molecular complexity index is 3420. The minimum atomic E-state index is -1.86. The second kappa shape index (κ2) is 20.8. The number of imidazole rings is 1. The molecule has 0 saturated heterocycles. The molecule has 0 atom stereocenters. The van der Waals surface area contributed by atoms with Gasteiger partial charge in [0, 0.05) is 36.7 Å². The molecule has 0 aliphatic carbocycles. The van der Waals surface area contributed by atoms with Gasteiger partial charge in [-0.1, -0.05) is 106 Å². The number of aromatic nitrogens is 4. The Morgan fingerprint density at radius 2 is 1.33 bits per heavy atom. The Labute approximate surface area is 431 Å². The van der Waals surface area contributed by atoms with Crippen molar-refractivity contribution >= 4 is 50.8 Å². The first-order valence-electron chi connectivity index (χ1n) is 24.6. The third kappa shape index (κ3) is 10.0. The smallest absolute Gasteiger partial charge is 0.216 e. The summed E-state index contributed by atoms with van der Waals surface area (Å²) in [6, 6.07) is 53.8. The van der Waals surface area contributed by atoms with Crippen molar-refractivity contribution in [2.75, 3.05) is 0 Å². The zero-order valence-electron chi connectivity index (χ0n) is 42.7. The first kappa shape index (κ1) is 50.5. The molecule has 10 rings (SSSR count). The molecule has 7 heteroatoms. The van der Waals surface area contributed by atoms with Gasteiger partial charge < -0.3 is 8.98 Å². The van der Waals surface area contributed by atoms with Crippen LogP contribution in [0.15, 0.2) is 144 Å². The zero-order chi connectivity index (χ0) is 48.7. The van der Waals surface area contributed by atoms with E-state index in [1.54, 1.807) is 4.40 Å². The molecule has 4 heterocycles. The van der Waals surface area contributed by atoms with Crippen LogP contribution in [0.2, 0.25) is 17.3 Å². The van der Waals surface area contributed by atoms with Crippen molar-refractivity contribution in [2.24, 2.45) is 5.92 Å². The van der Waals surface area contributed by atoms with Crippen molar-refractivity contribution in [1.29, 1.82) is 0 Å². The molecule has 357 valence electrons. The second-order valence-corrected chi connectivity index (χ2v) is 31.3. The molecular formula is C63H64GeIrN4O-2. The van der Waals surface area contributed by atoms with Crippen molar-refractivity contribution in [3.8, 4) is 50.7 Å². The maximum Gasteiger partial charge on any atom is 0.216 e. The summed E-state index contributed by atoms with van der Waals surface area (Å²) < 4.78 is 10.7. The van der Waals surface area contributed by atoms with E-state index in [1.807, 2.05) is 18.2 Å². The van der Waals surface area contributed by atoms with Crippen LogP contribution in [-0.2, 0) is 26.5 Å². The molecule has 0 unspecified atom stereocenters. The van der Waals surface area contributed by atoms with Crippen LogP contribution in [0, 0.1) is 38.8 Å². The predicted molar refractivity (Wildman–Crippen MR) is 294 cm³/mol. The first-order chi connectivity index (χ1) is 33.1. The standard InChI is InChI=1S/C45H40N3O.C18H24GeN.Ir/c1-26(2)35-24-32(31-16-9-8-10-17-31)25-36(27(3)4)42(35)48-39-19-12-11-18-37(39)46-44(48)34-21-20-30(7)41-33-22-23-38(47-45(33)49-43(34)41)40-28(5)14-13-15-29(40)6;1-14(2)11-16-12-18(15-9-7-6-8-10-15)20-13-17(16)19(3,4)5;/h8-20,22-27H,1-7H3;6-9,12-14H,11H2,1-5H3;/q2*-1;. The summed E-state index contributed by atoms with van der Waals surface area (Å²) in [6.07, 6.45) is 3.27. The van der Waals surface area contributed by atoms with Crippen molar-refractivity contribution in [1.82, 2.24) is 19.5 Å². The molecule has 0 fully saturated rings. The van der Waals surface area contributed by atoms with Crippen LogP contribution >= 0.6 is 0 Å². The summed E-state index contributed by atoms with van der Waals surface area (Å²) in [7, 11) is 0. The fraction of sp³-hybridized carbons (Fsp3) is 0.254. The predicted octanol–water partition coefficient (Wildman–Crippen LogP) is 16.6. The van der Waals surface area contributed by atoms with E-state index in [-0.39, 0.29) is 31.9 Å². The van der Waals surface area contributed by atoms with Gasteiger partial charge in [0.15, 0.2) is 0 Å². The molecular weight excluding hydrogens is 1090 g/mol. The van der Waals surface area contributed by atoms with Crippen molar-refractivity contribution in [3.63, 3.8) is 0 Å². The SMILES string of the molecule is CC(C)Cc1cc(-c2[c-]cccc2)nc[c]1[Ge]([CH3])([CH3])[CH3].Cc1cccc(C)c1-c1ccc2c(n1)oc1c(-c3nc4ccccc4n3-c3c(C(C)C)cc(-c4ccccc4)cc3C(C)C)[c-]cc(C)c12.[Ir]. The molecule has 0 amide bonds. The van der Waals surface area contributed by atoms with E-state index < -0.39 is 13.3 Å². The van der Waals surface area contributed by atoms with E-state index in [9.17, 15) is 0 Å². The van der Waals surface area contributed by atoms with Crippen LogP contribution in [-0.4, -0.2) is 32.8 Å². The number of fused-ring (bicyclic) bond motifs is 4. The molecule has 6 aromatic carbocycles. The number of benzene rings is 6. The largest absolute Gasteiger partial charge is 0.486 e. The van der Waals surface area contributed by atoms with Gasteiger partial charge in [0.05, 0.1) is 28.1 Å². The summed E-state index contributed by atoms with van der Waals surface area (Å²) >= 11 is -1.86. The number of hydrogen-bond acceptors (Lipinski definition) is 4. The third-order valence-electron chi connectivity index (χ3n) is 13.3. The molecule has 0 aliphatic heterocycles. The van der Waals surface area contributed by atoms with Gasteiger partial charge in [-0.2, -0.15) is 0 Å². The minimum absolute atomic E-state index is 0. The Balaban J connectivity index is 0.000000264. The Morgan fingerprint density at radius 3 is 1.97 bits per heavy atom. The number of pyridine rings is 2. The molecule has 70 heavy (non-hydrogen) atoms. The van der Waals surface area contributed by atoms with Crippen LogP contribution in [0.3, 0.4) is 0 Å². The minimum Gasteiger partial charge on any atom is -0.486 e. The Kier molecular flexibility index (Phi) is 15.0. The molecule has 1 radical (unpaired) electrons. The van der Waals surface area contributed by atoms with Gasteiger partial charge in [-0.25, -0.2) is 4.98 Å². The summed E-state index contributed by atoms with van der Waals surface area (Å²) in [6.45, 7) is 20.1. The van der Waals surface area contributed by atoms with Crippen LogP contribution < -0.4 is 4.40 Å². The van der Waals surface area contributed by atoms with E-state index in [1.165, 1.54) is 44.6 Å². The van der Waals surface area contributed by atoms with Crippen LogP contribution in [0.1, 0.15) is 86.8 Å². The number of nitrogens with zero attached hydrogens (tertiary/aromatic N) is 4. The molecule has 10 aromatic rings. The monoisotopic (exact) mass is 1160 g/mol. The first-order valence-corrected chi connectivity index (χ1v) is 31.9. The molecule has 0 saturated carbocycles. The maximum absolute atomic E-state index is 6.78. The third-order valence-corrected chi connectivity index (χ3v) is 17.6. The summed E-state index contributed by atoms with van der Waals surface area (Å²) in [4.78, 5) is 15.1. The van der Waals surface area contributed by atoms with Crippen molar-refractivity contribution in [2.45, 2.75) is 97.8 Å². The average molecular weight is 1160 g/mol. The number of aryl methyl sites for hydroxylation is 3. The molecule has 0 N–H and O–H groups in total. The summed E-state index contributed by atoms with van der Waals surface area (Å²) in [5.41, 5.74) is 19.6. The maximum atomic E-state index is 6.78. The van der Waals surface area contributed by atoms with Gasteiger partial charge in [-0.15, -0.1) is 17.7 Å². The molecule has 4 aromatic heterocycles. The fourth-order valence-corrected chi connectivity index (χ4v) is 13.2. The Morgan fingerprint density at radius 1 is 0.657 bits per heavy atom. The van der Waals surface area contributed by atoms with E-state index in [0.717, 1.165) is 73.3 Å². The van der Waals surface area contributed by atoms with E-state index in [4.69, 9.17) is 19.4 Å². The quantitative estimate of drug-likeness (QED) is 0.101. The molecule has 0 bridgehead atoms. The number of furan rings is 1. The average Bonchev–Trinajstić information content (AvgIpc) is 3.91. The molecule has 0 aliphatic rings. The summed E-state index contributed by atoms with van der Waals surface area (Å²) in [5, 5.41) is 2.05. The summed E-state index contributed by atoms with van der Waals surface area (Å²) in [5.74, 6) is 9.35. The molecule has 5 nitrogen and oxygen atoms in total. The topological polar surface area (TPSA) is 56.7 Å². The number of hydrogen-bond donors (Lipinski definition) is 0. The van der Waals surface area contributed by atoms with Gasteiger partial charge in [0.25, 0.3) is 0 Å². The fourth-order valence-electron chi connectivity index (χ4n) is 9.90. The van der Waals surface area contributed by atoms with Gasteiger partial charge in [-0.3, -0.25) is 4.98 Å². The van der Waals surface area contributed by atoms with Crippen molar-refractivity contribution in [3.05, 3.63) is 185 Å². The number of rotatable bonds is 10. The van der Waals surface area contributed by atoms with Gasteiger partial charge in [-0.05, 0) is 95.5 Å². The van der Waals surface area contributed by atoms with Gasteiger partial charge in [0.1, 0.15) is 0 Å². The van der Waals surface area contributed by atoms with Gasteiger partial charge in [0.2, 0.25) is 5.71 Å². The van der Waals surface area contributed by atoms with Crippen LogP contribution in [0.5, 0.6) is 0 Å². The van der Waals surface area contributed by atoms with Crippen molar-refractivity contribution < 1.29 is 24.5 Å². The Hall–Kier alpha value is -5.92.